The zero-order chi connectivity index (χ0) is 24.8. The Labute approximate surface area is 196 Å². The molecule has 34 heavy (non-hydrogen) atoms. The molecule has 1 aromatic heterocycles. The second-order valence-electron chi connectivity index (χ2n) is 10.3. The van der Waals surface area contributed by atoms with Crippen LogP contribution in [0, 0.1) is 11.2 Å². The van der Waals surface area contributed by atoms with Gasteiger partial charge >= 0.3 is 0 Å². The molecule has 0 spiro atoms. The van der Waals surface area contributed by atoms with E-state index in [0.29, 0.717) is 30.2 Å². The molecule has 10 heteroatoms. The average molecular weight is 478 g/mol. The van der Waals surface area contributed by atoms with Crippen LogP contribution in [0.5, 0.6) is 0 Å². The highest BCUT2D eigenvalue weighted by Gasteiger charge is 2.49. The van der Waals surface area contributed by atoms with Crippen molar-refractivity contribution in [1.82, 2.24) is 24.7 Å². The van der Waals surface area contributed by atoms with Gasteiger partial charge < -0.3 is 19.7 Å². The molecule has 1 aromatic carbocycles. The van der Waals surface area contributed by atoms with Crippen LogP contribution in [0.1, 0.15) is 43.4 Å². The molecule has 2 aliphatic heterocycles. The third kappa shape index (κ3) is 4.82. The van der Waals surface area contributed by atoms with Crippen LogP contribution in [-0.4, -0.2) is 69.8 Å². The maximum Gasteiger partial charge on any atom is 0.282 e. The van der Waals surface area contributed by atoms with Gasteiger partial charge in [0.15, 0.2) is 5.69 Å². The summed E-state index contributed by atoms with van der Waals surface area (Å²) in [7, 11) is 1.95. The SMILES string of the molecule is CN1CCCn2c(-c3ccc(F)cc3)nc(C(=O)N[C@H](C(=O)N3CC(F)(F)C3)C(C)(C)C)c2C1. The molecule has 0 unspecified atom stereocenters. The van der Waals surface area contributed by atoms with E-state index < -0.39 is 42.3 Å². The Morgan fingerprint density at radius 1 is 1.12 bits per heavy atom. The molecule has 2 aliphatic rings. The van der Waals surface area contributed by atoms with Gasteiger partial charge in [-0.15, -0.1) is 0 Å². The topological polar surface area (TPSA) is 70.5 Å². The second kappa shape index (κ2) is 8.72. The highest BCUT2D eigenvalue weighted by molar-refractivity contribution is 5.98. The minimum atomic E-state index is -2.89. The minimum Gasteiger partial charge on any atom is -0.338 e. The first kappa shape index (κ1) is 24.3. The maximum atomic E-state index is 13.5. The van der Waals surface area contributed by atoms with E-state index in [2.05, 4.69) is 15.2 Å². The van der Waals surface area contributed by atoms with Crippen molar-refractivity contribution in [2.45, 2.75) is 52.2 Å². The van der Waals surface area contributed by atoms with Gasteiger partial charge in [0.05, 0.1) is 18.8 Å². The first-order valence-corrected chi connectivity index (χ1v) is 11.4. The second-order valence-corrected chi connectivity index (χ2v) is 10.3. The summed E-state index contributed by atoms with van der Waals surface area (Å²) in [5.74, 6) is -3.78. The molecular weight excluding hydrogens is 447 g/mol. The summed E-state index contributed by atoms with van der Waals surface area (Å²) in [6, 6.07) is 4.93. The highest BCUT2D eigenvalue weighted by Crippen LogP contribution is 2.31. The molecule has 4 rings (SSSR count). The fraction of sp³-hybridized carbons (Fsp3) is 0.542. The highest BCUT2D eigenvalue weighted by atomic mass is 19.3. The molecule has 0 aliphatic carbocycles. The maximum absolute atomic E-state index is 13.5. The van der Waals surface area contributed by atoms with Crippen LogP contribution in [-0.2, 0) is 17.9 Å². The number of nitrogens with one attached hydrogen (secondary N) is 1. The van der Waals surface area contributed by atoms with Gasteiger partial charge in [0, 0.05) is 18.7 Å². The zero-order valence-corrected chi connectivity index (χ0v) is 19.9. The van der Waals surface area contributed by atoms with Crippen LogP contribution in [0.25, 0.3) is 11.4 Å². The van der Waals surface area contributed by atoms with Gasteiger partial charge in [-0.3, -0.25) is 9.59 Å². The Hall–Kier alpha value is -2.88. The average Bonchev–Trinajstić information content (AvgIpc) is 2.95. The van der Waals surface area contributed by atoms with Gasteiger partial charge in [-0.2, -0.15) is 0 Å². The van der Waals surface area contributed by atoms with Gasteiger partial charge in [-0.1, -0.05) is 20.8 Å². The molecule has 7 nitrogen and oxygen atoms in total. The number of hydrogen-bond acceptors (Lipinski definition) is 4. The fourth-order valence-corrected chi connectivity index (χ4v) is 4.42. The molecule has 0 saturated carbocycles. The first-order chi connectivity index (χ1) is 15.9. The number of fused-ring (bicyclic) bond motifs is 1. The number of halogens is 3. The van der Waals surface area contributed by atoms with Crippen molar-refractivity contribution < 1.29 is 22.8 Å². The summed E-state index contributed by atoms with van der Waals surface area (Å²) in [5, 5.41) is 2.78. The number of carbonyl (C=O) groups excluding carboxylic acids is 2. The van der Waals surface area contributed by atoms with Gasteiger partial charge in [0.25, 0.3) is 11.8 Å². The Balaban J connectivity index is 1.67. The zero-order valence-electron chi connectivity index (χ0n) is 19.9. The van der Waals surface area contributed by atoms with Crippen LogP contribution in [0.2, 0.25) is 0 Å². The standard InChI is InChI=1S/C24H30F3N5O2/c1-23(2,3)19(22(34)31-13-24(26,27)14-31)29-21(33)18-17-12-30(4)10-5-11-32(17)20(28-18)15-6-8-16(25)9-7-15/h6-9,19H,5,10-14H2,1-4H3,(H,29,33)/t19-/m1/s1. The Kier molecular flexibility index (Phi) is 6.22. The largest absolute Gasteiger partial charge is 0.338 e. The molecule has 1 atom stereocenters. The number of nitrogens with zero attached hydrogens (tertiary/aromatic N) is 4. The number of rotatable bonds is 4. The summed E-state index contributed by atoms with van der Waals surface area (Å²) in [5.41, 5.74) is 0.860. The molecule has 0 radical (unpaired) electrons. The lowest BCUT2D eigenvalue weighted by molar-refractivity contribution is -0.169. The molecule has 1 N–H and O–H groups in total. The Morgan fingerprint density at radius 2 is 1.76 bits per heavy atom. The number of likely N-dealkylation sites (tertiary alicyclic amines) is 1. The Bertz CT molecular complexity index is 1080. The number of hydrogen-bond donors (Lipinski definition) is 1. The molecule has 2 amide bonds. The van der Waals surface area contributed by atoms with Gasteiger partial charge in [0.2, 0.25) is 5.91 Å². The number of aromatic nitrogens is 2. The normalized spacial score (nSPS) is 19.1. The van der Waals surface area contributed by atoms with Gasteiger partial charge in [-0.05, 0) is 49.7 Å². The summed E-state index contributed by atoms with van der Waals surface area (Å²) in [6.07, 6.45) is 0.849. The lowest BCUT2D eigenvalue weighted by atomic mass is 9.85. The van der Waals surface area contributed by atoms with E-state index in [1.165, 1.54) is 12.1 Å². The third-order valence-electron chi connectivity index (χ3n) is 6.28. The summed E-state index contributed by atoms with van der Waals surface area (Å²) < 4.78 is 42.2. The number of alkyl halides is 2. The van der Waals surface area contributed by atoms with Crippen molar-refractivity contribution in [2.24, 2.45) is 5.41 Å². The predicted octanol–water partition coefficient (Wildman–Crippen LogP) is 3.15. The van der Waals surface area contributed by atoms with Crippen LogP contribution in [0.4, 0.5) is 13.2 Å². The minimum absolute atomic E-state index is 0.184. The smallest absolute Gasteiger partial charge is 0.282 e. The van der Waals surface area contributed by atoms with Gasteiger partial charge in [0.1, 0.15) is 17.7 Å². The van der Waals surface area contributed by atoms with E-state index in [-0.39, 0.29) is 11.5 Å². The van der Waals surface area contributed by atoms with E-state index in [4.69, 9.17) is 0 Å². The molecule has 1 saturated heterocycles. The number of benzene rings is 1. The molecule has 3 heterocycles. The predicted molar refractivity (Wildman–Crippen MR) is 121 cm³/mol. The van der Waals surface area contributed by atoms with Crippen molar-refractivity contribution >= 4 is 11.8 Å². The number of carbonyl (C=O) groups is 2. The molecular formula is C24H30F3N5O2. The summed E-state index contributed by atoms with van der Waals surface area (Å²) in [6.45, 7) is 5.98. The van der Waals surface area contributed by atoms with Crippen molar-refractivity contribution in [3.63, 3.8) is 0 Å². The van der Waals surface area contributed by atoms with Crippen LogP contribution < -0.4 is 5.32 Å². The van der Waals surface area contributed by atoms with E-state index in [9.17, 15) is 22.8 Å². The van der Waals surface area contributed by atoms with Crippen LogP contribution in [0.3, 0.4) is 0 Å². The van der Waals surface area contributed by atoms with Crippen molar-refractivity contribution in [3.05, 3.63) is 41.5 Å². The van der Waals surface area contributed by atoms with Crippen LogP contribution in [0.15, 0.2) is 24.3 Å². The van der Waals surface area contributed by atoms with Crippen molar-refractivity contribution in [3.8, 4) is 11.4 Å². The monoisotopic (exact) mass is 477 g/mol. The lowest BCUT2D eigenvalue weighted by Crippen LogP contribution is -2.64. The third-order valence-corrected chi connectivity index (χ3v) is 6.28. The van der Waals surface area contributed by atoms with Gasteiger partial charge in [-0.25, -0.2) is 18.2 Å². The van der Waals surface area contributed by atoms with Crippen LogP contribution >= 0.6 is 0 Å². The first-order valence-electron chi connectivity index (χ1n) is 11.4. The van der Waals surface area contributed by atoms with E-state index >= 15 is 0 Å². The van der Waals surface area contributed by atoms with E-state index in [1.54, 1.807) is 32.9 Å². The Morgan fingerprint density at radius 3 is 2.35 bits per heavy atom. The number of amides is 2. The molecule has 0 bridgehead atoms. The molecule has 2 aromatic rings. The molecule has 1 fully saturated rings. The van der Waals surface area contributed by atoms with Crippen molar-refractivity contribution in [1.29, 1.82) is 0 Å². The van der Waals surface area contributed by atoms with E-state index in [1.807, 2.05) is 11.6 Å². The molecule has 184 valence electrons. The summed E-state index contributed by atoms with van der Waals surface area (Å²) in [4.78, 5) is 34.2. The van der Waals surface area contributed by atoms with Crippen molar-refractivity contribution in [2.75, 3.05) is 26.7 Å². The fourth-order valence-electron chi connectivity index (χ4n) is 4.42. The lowest BCUT2D eigenvalue weighted by Gasteiger charge is -2.43. The summed E-state index contributed by atoms with van der Waals surface area (Å²) >= 11 is 0. The quantitative estimate of drug-likeness (QED) is 0.735. The number of imidazole rings is 1. The van der Waals surface area contributed by atoms with E-state index in [0.717, 1.165) is 17.9 Å².